The fourth-order valence-electron chi connectivity index (χ4n) is 0.933. The lowest BCUT2D eigenvalue weighted by atomic mass is 10.2. The van der Waals surface area contributed by atoms with Crippen LogP contribution in [0.4, 0.5) is 0 Å². The predicted octanol–water partition coefficient (Wildman–Crippen LogP) is 0.119. The second kappa shape index (κ2) is 2.86. The van der Waals surface area contributed by atoms with E-state index in [1.54, 1.807) is 13.0 Å². The van der Waals surface area contributed by atoms with Crippen molar-refractivity contribution in [3.63, 3.8) is 0 Å². The van der Waals surface area contributed by atoms with Gasteiger partial charge in [-0.3, -0.25) is 4.79 Å². The molecular formula is C7H9NO3. The maximum Gasteiger partial charge on any atom is 0.194 e. The third-order valence-corrected chi connectivity index (χ3v) is 1.46. The van der Waals surface area contributed by atoms with Gasteiger partial charge in [-0.2, -0.15) is 0 Å². The summed E-state index contributed by atoms with van der Waals surface area (Å²) in [7, 11) is 0. The average molecular weight is 155 g/mol. The van der Waals surface area contributed by atoms with Crippen molar-refractivity contribution in [2.75, 3.05) is 0 Å². The summed E-state index contributed by atoms with van der Waals surface area (Å²) in [4.78, 5) is 12.8. The Morgan fingerprint density at radius 3 is 2.55 bits per heavy atom. The zero-order chi connectivity index (χ0) is 8.43. The van der Waals surface area contributed by atoms with Crippen LogP contribution in [0.2, 0.25) is 0 Å². The third kappa shape index (κ3) is 1.47. The molecule has 1 aromatic rings. The van der Waals surface area contributed by atoms with Crippen molar-refractivity contribution in [3.8, 4) is 0 Å². The molecule has 0 spiro atoms. The molecule has 4 nitrogen and oxygen atoms in total. The Morgan fingerprint density at radius 2 is 2.27 bits per heavy atom. The molecule has 4 heteroatoms. The van der Waals surface area contributed by atoms with Crippen LogP contribution in [0.1, 0.15) is 28.0 Å². The van der Waals surface area contributed by atoms with Gasteiger partial charge in [0.25, 0.3) is 0 Å². The van der Waals surface area contributed by atoms with E-state index in [9.17, 15) is 4.79 Å². The molecule has 3 N–H and O–H groups in total. The second-order valence-electron chi connectivity index (χ2n) is 2.31. The molecule has 0 aliphatic carbocycles. The molecule has 0 saturated heterocycles. The molecule has 1 rings (SSSR count). The molecular weight excluding hydrogens is 146 g/mol. The molecule has 0 unspecified atom stereocenters. The topological polar surface area (TPSA) is 73.3 Å². The first kappa shape index (κ1) is 7.97. The number of aryl methyl sites for hydroxylation is 1. The van der Waals surface area contributed by atoms with E-state index in [1.165, 1.54) is 0 Å². The first-order chi connectivity index (χ1) is 5.15. The van der Waals surface area contributed by atoms with Gasteiger partial charge in [0.05, 0.1) is 11.4 Å². The first-order valence-corrected chi connectivity index (χ1v) is 3.16. The number of nitrogens with one attached hydrogen (secondary N) is 1. The van der Waals surface area contributed by atoms with Crippen molar-refractivity contribution in [1.29, 1.82) is 0 Å². The molecule has 0 atom stereocenters. The minimum absolute atomic E-state index is 0.270. The minimum Gasteiger partial charge on any atom is -0.363 e. The van der Waals surface area contributed by atoms with E-state index < -0.39 is 6.29 Å². The lowest BCUT2D eigenvalue weighted by molar-refractivity contribution is -0.0459. The van der Waals surface area contributed by atoms with Crippen LogP contribution in [-0.2, 0) is 0 Å². The highest BCUT2D eigenvalue weighted by atomic mass is 16.5. The zero-order valence-electron chi connectivity index (χ0n) is 6.03. The zero-order valence-corrected chi connectivity index (χ0v) is 6.03. The van der Waals surface area contributed by atoms with Gasteiger partial charge in [-0.1, -0.05) is 0 Å². The summed E-state index contributed by atoms with van der Waals surface area (Å²) in [5, 5.41) is 17.4. The largest absolute Gasteiger partial charge is 0.363 e. The van der Waals surface area contributed by atoms with Gasteiger partial charge in [0.1, 0.15) is 0 Å². The summed E-state index contributed by atoms with van der Waals surface area (Å²) in [6.07, 6.45) is -0.914. The number of aliphatic hydroxyl groups is 2. The van der Waals surface area contributed by atoms with E-state index in [2.05, 4.69) is 4.98 Å². The summed E-state index contributed by atoms with van der Waals surface area (Å²) in [6, 6.07) is 1.56. The van der Waals surface area contributed by atoms with Crippen LogP contribution in [0.5, 0.6) is 0 Å². The van der Waals surface area contributed by atoms with E-state index in [-0.39, 0.29) is 5.69 Å². The Labute approximate surface area is 63.5 Å². The molecule has 0 aliphatic rings. The van der Waals surface area contributed by atoms with Gasteiger partial charge >= 0.3 is 0 Å². The Kier molecular flexibility index (Phi) is 2.07. The number of rotatable bonds is 2. The fourth-order valence-corrected chi connectivity index (χ4v) is 0.933. The van der Waals surface area contributed by atoms with Gasteiger partial charge in [-0.05, 0) is 18.6 Å². The molecule has 0 amide bonds. The molecule has 0 saturated carbocycles. The molecule has 60 valence electrons. The lowest BCUT2D eigenvalue weighted by Crippen LogP contribution is -1.97. The standard InChI is InChI=1S/C7H9NO3/c1-4-2-5(3-9)8-6(4)7(10)11/h2-3,7-8,10-11H,1H3. The number of aromatic amines is 1. The van der Waals surface area contributed by atoms with E-state index >= 15 is 0 Å². The quantitative estimate of drug-likeness (QED) is 0.419. The van der Waals surface area contributed by atoms with Crippen LogP contribution in [-0.4, -0.2) is 21.5 Å². The van der Waals surface area contributed by atoms with Crippen LogP contribution < -0.4 is 0 Å². The van der Waals surface area contributed by atoms with E-state index in [4.69, 9.17) is 10.2 Å². The molecule has 0 aliphatic heterocycles. The predicted molar refractivity (Wildman–Crippen MR) is 38.1 cm³/mol. The highest BCUT2D eigenvalue weighted by molar-refractivity contribution is 5.72. The molecule has 1 heterocycles. The average Bonchev–Trinajstić information content (AvgIpc) is 2.30. The lowest BCUT2D eigenvalue weighted by Gasteiger charge is -2.00. The van der Waals surface area contributed by atoms with Gasteiger partial charge in [0, 0.05) is 0 Å². The monoisotopic (exact) mass is 155 g/mol. The first-order valence-electron chi connectivity index (χ1n) is 3.16. The van der Waals surface area contributed by atoms with Gasteiger partial charge in [0.15, 0.2) is 12.6 Å². The number of aromatic nitrogens is 1. The summed E-state index contributed by atoms with van der Waals surface area (Å²) in [5.74, 6) is 0. The molecule has 0 fully saturated rings. The Balaban J connectivity index is 3.06. The smallest absolute Gasteiger partial charge is 0.194 e. The molecule has 0 bridgehead atoms. The van der Waals surface area contributed by atoms with Crippen molar-refractivity contribution >= 4 is 6.29 Å². The van der Waals surface area contributed by atoms with E-state index in [0.717, 1.165) is 0 Å². The number of carbonyl (C=O) groups is 1. The molecule has 1 aromatic heterocycles. The minimum atomic E-state index is -1.54. The van der Waals surface area contributed by atoms with Crippen molar-refractivity contribution in [3.05, 3.63) is 23.0 Å². The highest BCUT2D eigenvalue weighted by Crippen LogP contribution is 2.14. The van der Waals surface area contributed by atoms with Gasteiger partial charge in [-0.15, -0.1) is 0 Å². The SMILES string of the molecule is Cc1cc(C=O)[nH]c1C(O)O. The summed E-state index contributed by atoms with van der Waals surface area (Å²) in [6.45, 7) is 1.69. The number of hydrogen-bond donors (Lipinski definition) is 3. The Morgan fingerprint density at radius 1 is 1.64 bits per heavy atom. The number of aldehydes is 1. The van der Waals surface area contributed by atoms with Crippen molar-refractivity contribution in [2.45, 2.75) is 13.2 Å². The normalized spacial score (nSPS) is 10.5. The van der Waals surface area contributed by atoms with E-state index in [0.29, 0.717) is 17.5 Å². The molecule has 11 heavy (non-hydrogen) atoms. The van der Waals surface area contributed by atoms with Gasteiger partial charge in [0.2, 0.25) is 0 Å². The van der Waals surface area contributed by atoms with Crippen LogP contribution in [0.25, 0.3) is 0 Å². The number of carbonyl (C=O) groups excluding carboxylic acids is 1. The number of hydrogen-bond acceptors (Lipinski definition) is 3. The Hall–Kier alpha value is -1.13. The van der Waals surface area contributed by atoms with Crippen molar-refractivity contribution in [2.24, 2.45) is 0 Å². The Bertz CT molecular complexity index is 265. The van der Waals surface area contributed by atoms with Crippen LogP contribution >= 0.6 is 0 Å². The van der Waals surface area contributed by atoms with Crippen LogP contribution in [0.15, 0.2) is 6.07 Å². The summed E-state index contributed by atoms with van der Waals surface area (Å²) >= 11 is 0. The van der Waals surface area contributed by atoms with Crippen LogP contribution in [0.3, 0.4) is 0 Å². The summed E-state index contributed by atoms with van der Waals surface area (Å²) in [5.41, 5.74) is 1.29. The third-order valence-electron chi connectivity index (χ3n) is 1.46. The van der Waals surface area contributed by atoms with Crippen molar-refractivity contribution < 1.29 is 15.0 Å². The molecule has 0 radical (unpaired) electrons. The van der Waals surface area contributed by atoms with Crippen LogP contribution in [0, 0.1) is 6.92 Å². The van der Waals surface area contributed by atoms with E-state index in [1.807, 2.05) is 0 Å². The summed E-state index contributed by atoms with van der Waals surface area (Å²) < 4.78 is 0. The molecule has 0 aromatic carbocycles. The maximum absolute atomic E-state index is 10.2. The maximum atomic E-state index is 10.2. The van der Waals surface area contributed by atoms with Gasteiger partial charge in [-0.25, -0.2) is 0 Å². The fraction of sp³-hybridized carbons (Fsp3) is 0.286. The highest BCUT2D eigenvalue weighted by Gasteiger charge is 2.09. The van der Waals surface area contributed by atoms with Crippen molar-refractivity contribution in [1.82, 2.24) is 4.98 Å². The number of H-pyrrole nitrogens is 1. The second-order valence-corrected chi connectivity index (χ2v) is 2.31. The van der Waals surface area contributed by atoms with Gasteiger partial charge < -0.3 is 15.2 Å². The number of aliphatic hydroxyl groups excluding tert-OH is 1.